The van der Waals surface area contributed by atoms with E-state index in [0.717, 1.165) is 18.2 Å². The molecule has 0 fully saturated rings. The minimum Gasteiger partial charge on any atom is -0.384 e. The van der Waals surface area contributed by atoms with E-state index in [0.29, 0.717) is 5.56 Å². The van der Waals surface area contributed by atoms with Gasteiger partial charge in [0.1, 0.15) is 17.5 Å². The molecule has 0 saturated carbocycles. The van der Waals surface area contributed by atoms with Crippen LogP contribution in [-0.2, 0) is 0 Å². The lowest BCUT2D eigenvalue weighted by atomic mass is 10.2. The first-order chi connectivity index (χ1) is 6.08. The summed E-state index contributed by atoms with van der Waals surface area (Å²) < 4.78 is 25.2. The number of rotatable bonds is 2. The van der Waals surface area contributed by atoms with Crippen LogP contribution in [0.2, 0.25) is 0 Å². The van der Waals surface area contributed by atoms with Crippen molar-refractivity contribution in [2.75, 3.05) is 0 Å². The van der Waals surface area contributed by atoms with Gasteiger partial charge in [-0.3, -0.25) is 5.41 Å². The fourth-order valence-corrected chi connectivity index (χ4v) is 0.857. The summed E-state index contributed by atoms with van der Waals surface area (Å²) in [6.45, 7) is 0. The Balaban J connectivity index is 2.95. The van der Waals surface area contributed by atoms with Crippen molar-refractivity contribution in [2.24, 2.45) is 5.73 Å². The molecule has 0 saturated heterocycles. The average molecular weight is 182 g/mol. The molecule has 1 rings (SSSR count). The zero-order chi connectivity index (χ0) is 9.84. The number of nitrogens with two attached hydrogens (primary N) is 1. The highest BCUT2D eigenvalue weighted by Gasteiger charge is 1.96. The molecule has 1 aromatic carbocycles. The van der Waals surface area contributed by atoms with Crippen LogP contribution >= 0.6 is 0 Å². The maximum absolute atomic E-state index is 12.6. The molecule has 0 aromatic heterocycles. The third kappa shape index (κ3) is 3.02. The lowest BCUT2D eigenvalue weighted by molar-refractivity contribution is 0.583. The van der Waals surface area contributed by atoms with Crippen molar-refractivity contribution in [3.63, 3.8) is 0 Å². The summed E-state index contributed by atoms with van der Waals surface area (Å²) >= 11 is 0. The minimum absolute atomic E-state index is 0.162. The van der Waals surface area contributed by atoms with Gasteiger partial charge in [-0.1, -0.05) is 6.08 Å². The molecule has 3 N–H and O–H groups in total. The van der Waals surface area contributed by atoms with E-state index in [2.05, 4.69) is 0 Å². The van der Waals surface area contributed by atoms with Crippen LogP contribution in [0.25, 0.3) is 6.08 Å². The van der Waals surface area contributed by atoms with Crippen LogP contribution in [-0.4, -0.2) is 5.84 Å². The summed E-state index contributed by atoms with van der Waals surface area (Å²) in [4.78, 5) is 0. The first-order valence-electron chi connectivity index (χ1n) is 3.56. The van der Waals surface area contributed by atoms with Crippen LogP contribution in [0.4, 0.5) is 8.78 Å². The molecule has 0 aliphatic rings. The molecule has 0 amide bonds. The SMILES string of the molecule is N=C(N)/C=C/c1cc(F)cc(F)c1. The van der Waals surface area contributed by atoms with Crippen LogP contribution in [0.3, 0.4) is 0 Å². The number of benzene rings is 1. The second-order valence-corrected chi connectivity index (χ2v) is 2.49. The van der Waals surface area contributed by atoms with Gasteiger partial charge < -0.3 is 5.73 Å². The number of hydrogen-bond donors (Lipinski definition) is 2. The standard InChI is InChI=1S/C9H8F2N2/c10-7-3-6(1-2-9(12)13)4-8(11)5-7/h1-5H,(H3,12,13)/b2-1+. The van der Waals surface area contributed by atoms with E-state index in [1.165, 1.54) is 12.2 Å². The summed E-state index contributed by atoms with van der Waals surface area (Å²) in [5.41, 5.74) is 5.37. The Hall–Kier alpha value is -1.71. The maximum atomic E-state index is 12.6. The van der Waals surface area contributed by atoms with Crippen LogP contribution in [0, 0.1) is 17.0 Å². The van der Waals surface area contributed by atoms with Gasteiger partial charge >= 0.3 is 0 Å². The molecule has 4 heteroatoms. The molecule has 68 valence electrons. The second kappa shape index (κ2) is 3.80. The number of hydrogen-bond acceptors (Lipinski definition) is 1. The van der Waals surface area contributed by atoms with Gasteiger partial charge in [0, 0.05) is 6.07 Å². The molecule has 1 aromatic rings. The first kappa shape index (κ1) is 9.38. The Morgan fingerprint density at radius 1 is 1.23 bits per heavy atom. The van der Waals surface area contributed by atoms with Gasteiger partial charge in [0.2, 0.25) is 0 Å². The van der Waals surface area contributed by atoms with Crippen LogP contribution < -0.4 is 5.73 Å². The van der Waals surface area contributed by atoms with Crippen molar-refractivity contribution in [3.8, 4) is 0 Å². The van der Waals surface area contributed by atoms with Gasteiger partial charge in [0.05, 0.1) is 0 Å². The van der Waals surface area contributed by atoms with Gasteiger partial charge in [-0.2, -0.15) is 0 Å². The van der Waals surface area contributed by atoms with Gasteiger partial charge in [0.25, 0.3) is 0 Å². The highest BCUT2D eigenvalue weighted by atomic mass is 19.1. The van der Waals surface area contributed by atoms with E-state index in [1.807, 2.05) is 0 Å². The van der Waals surface area contributed by atoms with Crippen molar-refractivity contribution in [2.45, 2.75) is 0 Å². The molecule has 0 heterocycles. The molecular formula is C9H8F2N2. The lowest BCUT2D eigenvalue weighted by Gasteiger charge is -1.94. The third-order valence-corrected chi connectivity index (χ3v) is 1.34. The predicted molar refractivity (Wildman–Crippen MR) is 47.3 cm³/mol. The minimum atomic E-state index is -0.650. The molecule has 0 atom stereocenters. The van der Waals surface area contributed by atoms with Crippen LogP contribution in [0.5, 0.6) is 0 Å². The Kier molecular flexibility index (Phi) is 2.74. The Morgan fingerprint density at radius 2 is 1.77 bits per heavy atom. The lowest BCUT2D eigenvalue weighted by Crippen LogP contribution is -2.03. The average Bonchev–Trinajstić information content (AvgIpc) is 1.99. The van der Waals surface area contributed by atoms with Crippen molar-refractivity contribution in [3.05, 3.63) is 41.5 Å². The third-order valence-electron chi connectivity index (χ3n) is 1.34. The summed E-state index contributed by atoms with van der Waals surface area (Å²) in [6, 6.07) is 3.09. The van der Waals surface area contributed by atoms with E-state index in [1.54, 1.807) is 0 Å². The van der Waals surface area contributed by atoms with E-state index in [9.17, 15) is 8.78 Å². The van der Waals surface area contributed by atoms with E-state index in [4.69, 9.17) is 11.1 Å². The number of amidine groups is 1. The van der Waals surface area contributed by atoms with Crippen LogP contribution in [0.15, 0.2) is 24.3 Å². The predicted octanol–water partition coefficient (Wildman–Crippen LogP) is 1.91. The maximum Gasteiger partial charge on any atom is 0.126 e. The zero-order valence-corrected chi connectivity index (χ0v) is 6.72. The smallest absolute Gasteiger partial charge is 0.126 e. The zero-order valence-electron chi connectivity index (χ0n) is 6.72. The van der Waals surface area contributed by atoms with Crippen molar-refractivity contribution in [1.29, 1.82) is 5.41 Å². The largest absolute Gasteiger partial charge is 0.384 e. The fourth-order valence-electron chi connectivity index (χ4n) is 0.857. The molecule has 0 aliphatic heterocycles. The summed E-state index contributed by atoms with van der Waals surface area (Å²) in [5, 5.41) is 6.85. The molecule has 0 bridgehead atoms. The van der Waals surface area contributed by atoms with E-state index >= 15 is 0 Å². The molecule has 2 nitrogen and oxygen atoms in total. The normalized spacial score (nSPS) is 10.6. The van der Waals surface area contributed by atoms with Crippen molar-refractivity contribution >= 4 is 11.9 Å². The highest BCUT2D eigenvalue weighted by Crippen LogP contribution is 2.09. The Morgan fingerprint density at radius 3 is 2.23 bits per heavy atom. The summed E-state index contributed by atoms with van der Waals surface area (Å²) in [7, 11) is 0. The number of nitrogens with one attached hydrogen (secondary N) is 1. The second-order valence-electron chi connectivity index (χ2n) is 2.49. The van der Waals surface area contributed by atoms with Crippen molar-refractivity contribution < 1.29 is 8.78 Å². The highest BCUT2D eigenvalue weighted by molar-refractivity contribution is 5.92. The van der Waals surface area contributed by atoms with Gasteiger partial charge in [-0.15, -0.1) is 0 Å². The van der Waals surface area contributed by atoms with E-state index < -0.39 is 11.6 Å². The molecular weight excluding hydrogens is 174 g/mol. The molecule has 0 radical (unpaired) electrons. The van der Waals surface area contributed by atoms with Gasteiger partial charge in [-0.25, -0.2) is 8.78 Å². The van der Waals surface area contributed by atoms with Gasteiger partial charge in [-0.05, 0) is 23.8 Å². The Bertz CT molecular complexity index is 338. The van der Waals surface area contributed by atoms with Crippen LogP contribution in [0.1, 0.15) is 5.56 Å². The monoisotopic (exact) mass is 182 g/mol. The molecule has 0 unspecified atom stereocenters. The summed E-state index contributed by atoms with van der Waals surface area (Å²) in [6.07, 6.45) is 2.63. The van der Waals surface area contributed by atoms with E-state index in [-0.39, 0.29) is 5.84 Å². The fraction of sp³-hybridized carbons (Fsp3) is 0. The quantitative estimate of drug-likeness (QED) is 0.532. The molecule has 13 heavy (non-hydrogen) atoms. The summed E-state index contributed by atoms with van der Waals surface area (Å²) in [5.74, 6) is -1.46. The molecule has 0 aliphatic carbocycles. The number of halogens is 2. The van der Waals surface area contributed by atoms with Crippen molar-refractivity contribution in [1.82, 2.24) is 0 Å². The Labute approximate surface area is 74.2 Å². The molecule has 0 spiro atoms. The topological polar surface area (TPSA) is 49.9 Å². The van der Waals surface area contributed by atoms with Gasteiger partial charge in [0.15, 0.2) is 0 Å². The first-order valence-corrected chi connectivity index (χ1v) is 3.56.